The Bertz CT molecular complexity index is 330. The second-order valence-electron chi connectivity index (χ2n) is 2.20. The Kier molecular flexibility index (Phi) is 4.08. The molecule has 3 nitrogen and oxygen atoms in total. The first-order chi connectivity index (χ1) is 6.13. The first-order valence-corrected chi connectivity index (χ1v) is 5.42. The Balaban J connectivity index is 2.79. The third-order valence-electron chi connectivity index (χ3n) is 1.28. The van der Waals surface area contributed by atoms with Crippen molar-refractivity contribution in [2.75, 3.05) is 12.4 Å². The van der Waals surface area contributed by atoms with Crippen molar-refractivity contribution in [1.29, 1.82) is 0 Å². The van der Waals surface area contributed by atoms with Gasteiger partial charge in [-0.2, -0.15) is 0 Å². The second kappa shape index (κ2) is 4.88. The molecule has 2 N–H and O–H groups in total. The molecule has 1 aromatic heterocycles. The van der Waals surface area contributed by atoms with Crippen molar-refractivity contribution in [3.63, 3.8) is 0 Å². The smallest absolute Gasteiger partial charge is 0.170 e. The van der Waals surface area contributed by atoms with Gasteiger partial charge in [0, 0.05) is 7.05 Å². The van der Waals surface area contributed by atoms with Crippen LogP contribution in [0.5, 0.6) is 0 Å². The van der Waals surface area contributed by atoms with Gasteiger partial charge in [-0.1, -0.05) is 0 Å². The minimum atomic E-state index is 0.566. The Morgan fingerprint density at radius 3 is 2.77 bits per heavy atom. The van der Waals surface area contributed by atoms with Crippen LogP contribution < -0.4 is 10.6 Å². The number of nitrogens with zero attached hydrogens (tertiary/aromatic N) is 1. The summed E-state index contributed by atoms with van der Waals surface area (Å²) in [7, 11) is 1.76. The zero-order chi connectivity index (χ0) is 9.84. The van der Waals surface area contributed by atoms with Crippen LogP contribution in [0.1, 0.15) is 0 Å². The van der Waals surface area contributed by atoms with Crippen molar-refractivity contribution in [2.45, 2.75) is 0 Å². The summed E-state index contributed by atoms with van der Waals surface area (Å²) in [6.45, 7) is 0. The molecule has 70 valence electrons. The maximum atomic E-state index is 4.94. The molecule has 1 heterocycles. The molecule has 0 amide bonds. The monoisotopic (exact) mass is 323 g/mol. The number of rotatable bonds is 1. The molecule has 0 saturated carbocycles. The number of aromatic nitrogens is 1. The third kappa shape index (κ3) is 3.21. The highest BCUT2D eigenvalue weighted by atomic mass is 79.9. The first kappa shape index (κ1) is 10.9. The molecule has 6 heteroatoms. The number of pyridine rings is 1. The quantitative estimate of drug-likeness (QED) is 0.615. The summed E-state index contributed by atoms with van der Waals surface area (Å²) < 4.78 is 1.66. The molecule has 0 aliphatic heterocycles. The lowest BCUT2D eigenvalue weighted by atomic mass is 10.4. The summed E-state index contributed by atoms with van der Waals surface area (Å²) in [5.41, 5.74) is 0.842. The van der Waals surface area contributed by atoms with Gasteiger partial charge in [-0.25, -0.2) is 4.98 Å². The van der Waals surface area contributed by atoms with Crippen molar-refractivity contribution in [3.8, 4) is 0 Å². The maximum Gasteiger partial charge on any atom is 0.170 e. The van der Waals surface area contributed by atoms with Crippen molar-refractivity contribution in [2.24, 2.45) is 0 Å². The Labute approximate surface area is 98.6 Å². The fourth-order valence-electron chi connectivity index (χ4n) is 0.683. The van der Waals surface area contributed by atoms with Crippen LogP contribution in [-0.4, -0.2) is 17.1 Å². The molecular weight excluding hydrogens is 318 g/mol. The number of halogens is 2. The lowest BCUT2D eigenvalue weighted by Gasteiger charge is -2.06. The normalized spacial score (nSPS) is 9.46. The number of hydrogen-bond donors (Lipinski definition) is 2. The van der Waals surface area contributed by atoms with E-state index in [9.17, 15) is 0 Å². The van der Waals surface area contributed by atoms with Gasteiger partial charge in [0.05, 0.1) is 16.4 Å². The summed E-state index contributed by atoms with van der Waals surface area (Å²) in [5.74, 6) is 0. The Morgan fingerprint density at radius 2 is 2.23 bits per heavy atom. The number of anilines is 1. The average molecular weight is 325 g/mol. The highest BCUT2D eigenvalue weighted by molar-refractivity contribution is 9.13. The van der Waals surface area contributed by atoms with Gasteiger partial charge >= 0.3 is 0 Å². The van der Waals surface area contributed by atoms with Crippen molar-refractivity contribution >= 4 is 54.9 Å². The summed E-state index contributed by atoms with van der Waals surface area (Å²) in [6, 6.07) is 1.89. The number of thiocarbonyl (C=S) groups is 1. The van der Waals surface area contributed by atoms with Crippen LogP contribution in [0.2, 0.25) is 0 Å². The number of hydrogen-bond acceptors (Lipinski definition) is 2. The molecular formula is C7H7Br2N3S. The summed E-state index contributed by atoms with van der Waals surface area (Å²) in [5, 5.41) is 6.35. The van der Waals surface area contributed by atoms with Crippen LogP contribution in [0.3, 0.4) is 0 Å². The van der Waals surface area contributed by atoms with Crippen LogP contribution in [0.15, 0.2) is 21.3 Å². The van der Waals surface area contributed by atoms with E-state index in [2.05, 4.69) is 47.5 Å². The van der Waals surface area contributed by atoms with E-state index in [-0.39, 0.29) is 0 Å². The van der Waals surface area contributed by atoms with Gasteiger partial charge in [-0.05, 0) is 50.1 Å². The van der Waals surface area contributed by atoms with Crippen molar-refractivity contribution in [3.05, 3.63) is 21.3 Å². The SMILES string of the molecule is CNC(=S)Nc1cnc(Br)c(Br)c1. The van der Waals surface area contributed by atoms with Crippen LogP contribution in [0, 0.1) is 0 Å². The van der Waals surface area contributed by atoms with E-state index < -0.39 is 0 Å². The highest BCUT2D eigenvalue weighted by Gasteiger charge is 2.00. The molecule has 0 aromatic carbocycles. The van der Waals surface area contributed by atoms with Crippen LogP contribution in [0.4, 0.5) is 5.69 Å². The molecule has 1 aromatic rings. The first-order valence-electron chi connectivity index (χ1n) is 3.43. The van der Waals surface area contributed by atoms with E-state index >= 15 is 0 Å². The van der Waals surface area contributed by atoms with Crippen LogP contribution in [0.25, 0.3) is 0 Å². The van der Waals surface area contributed by atoms with Crippen LogP contribution in [-0.2, 0) is 0 Å². The van der Waals surface area contributed by atoms with Gasteiger partial charge in [0.15, 0.2) is 5.11 Å². The van der Waals surface area contributed by atoms with Crippen molar-refractivity contribution in [1.82, 2.24) is 10.3 Å². The standard InChI is InChI=1S/C7H7Br2N3S/c1-10-7(13)12-4-2-5(8)6(9)11-3-4/h2-3H,1H3,(H2,10,12,13). The molecule has 0 unspecified atom stereocenters. The van der Waals surface area contributed by atoms with Gasteiger partial charge in [0.2, 0.25) is 0 Å². The van der Waals surface area contributed by atoms with Gasteiger partial charge < -0.3 is 10.6 Å². The molecule has 0 saturated heterocycles. The molecule has 0 aliphatic carbocycles. The summed E-state index contributed by atoms with van der Waals surface area (Å²) >= 11 is 11.6. The molecule has 1 rings (SSSR count). The minimum Gasteiger partial charge on any atom is -0.366 e. The summed E-state index contributed by atoms with van der Waals surface area (Å²) in [6.07, 6.45) is 1.69. The molecule has 0 fully saturated rings. The van der Waals surface area contributed by atoms with E-state index in [4.69, 9.17) is 12.2 Å². The maximum absolute atomic E-state index is 4.94. The van der Waals surface area contributed by atoms with E-state index in [0.717, 1.165) is 14.8 Å². The van der Waals surface area contributed by atoms with E-state index in [1.165, 1.54) is 0 Å². The average Bonchev–Trinajstić information content (AvgIpc) is 2.11. The predicted octanol–water partition coefficient (Wildman–Crippen LogP) is 2.52. The van der Waals surface area contributed by atoms with Crippen molar-refractivity contribution < 1.29 is 0 Å². The minimum absolute atomic E-state index is 0.566. The molecule has 0 bridgehead atoms. The Hall–Kier alpha value is -0.200. The highest BCUT2D eigenvalue weighted by Crippen LogP contribution is 2.23. The van der Waals surface area contributed by atoms with Gasteiger partial charge in [0.1, 0.15) is 4.60 Å². The Morgan fingerprint density at radius 1 is 1.54 bits per heavy atom. The molecule has 0 aliphatic rings. The van der Waals surface area contributed by atoms with Crippen LogP contribution >= 0.6 is 44.1 Å². The van der Waals surface area contributed by atoms with Gasteiger partial charge in [-0.3, -0.25) is 0 Å². The lowest BCUT2D eigenvalue weighted by molar-refractivity contribution is 1.19. The largest absolute Gasteiger partial charge is 0.366 e. The van der Waals surface area contributed by atoms with Gasteiger partial charge in [0.25, 0.3) is 0 Å². The lowest BCUT2D eigenvalue weighted by Crippen LogP contribution is -2.24. The van der Waals surface area contributed by atoms with Gasteiger partial charge in [-0.15, -0.1) is 0 Å². The topological polar surface area (TPSA) is 37.0 Å². The van der Waals surface area contributed by atoms with E-state index in [0.29, 0.717) is 5.11 Å². The molecule has 0 atom stereocenters. The molecule has 0 spiro atoms. The molecule has 0 radical (unpaired) electrons. The third-order valence-corrected chi connectivity index (χ3v) is 3.36. The zero-order valence-electron chi connectivity index (χ0n) is 6.77. The van der Waals surface area contributed by atoms with E-state index in [1.54, 1.807) is 13.2 Å². The summed E-state index contributed by atoms with van der Waals surface area (Å²) in [4.78, 5) is 4.09. The van der Waals surface area contributed by atoms with E-state index in [1.807, 2.05) is 6.07 Å². The fraction of sp³-hybridized carbons (Fsp3) is 0.143. The fourth-order valence-corrected chi connectivity index (χ4v) is 1.37. The predicted molar refractivity (Wildman–Crippen MR) is 64.9 cm³/mol. The zero-order valence-corrected chi connectivity index (χ0v) is 10.8. The number of nitrogens with one attached hydrogen (secondary N) is 2. The second-order valence-corrected chi connectivity index (χ2v) is 4.21. The molecule has 13 heavy (non-hydrogen) atoms.